The lowest BCUT2D eigenvalue weighted by Gasteiger charge is -2.22. The number of aromatic nitrogens is 3. The quantitative estimate of drug-likeness (QED) is 0.689. The molecule has 3 heteroatoms. The van der Waals surface area contributed by atoms with Crippen LogP contribution in [-0.4, -0.2) is 15.0 Å². The number of hydrogen-bond acceptors (Lipinski definition) is 2. The fourth-order valence-electron chi connectivity index (χ4n) is 1.98. The van der Waals surface area contributed by atoms with Gasteiger partial charge in [0.1, 0.15) is 0 Å². The molecule has 0 saturated heterocycles. The van der Waals surface area contributed by atoms with E-state index in [9.17, 15) is 0 Å². The topological polar surface area (TPSA) is 30.7 Å². The second kappa shape index (κ2) is 5.78. The van der Waals surface area contributed by atoms with Gasteiger partial charge in [0.05, 0.1) is 17.9 Å². The Morgan fingerprint density at radius 2 is 1.86 bits per heavy atom. The highest BCUT2D eigenvalue weighted by molar-refractivity contribution is 4.91. The Hall–Kier alpha value is -0.860. The lowest BCUT2D eigenvalue weighted by Crippen LogP contribution is -2.15. The van der Waals surface area contributed by atoms with E-state index in [2.05, 4.69) is 21.9 Å². The second-order valence-corrected chi connectivity index (χ2v) is 3.61. The lowest BCUT2D eigenvalue weighted by molar-refractivity contribution is 0.320. The molecule has 1 aliphatic carbocycles. The number of nitrogens with zero attached hydrogens (tertiary/aromatic N) is 3. The molecule has 14 heavy (non-hydrogen) atoms. The van der Waals surface area contributed by atoms with Crippen LogP contribution in [0.4, 0.5) is 0 Å². The first-order valence-corrected chi connectivity index (χ1v) is 5.75. The molecule has 0 spiro atoms. The van der Waals surface area contributed by atoms with Crippen LogP contribution in [0.2, 0.25) is 0 Å². The molecule has 0 N–H and O–H groups in total. The maximum absolute atomic E-state index is 4.11. The van der Waals surface area contributed by atoms with Crippen molar-refractivity contribution >= 4 is 0 Å². The molecule has 1 heterocycles. The molecule has 1 aromatic heterocycles. The van der Waals surface area contributed by atoms with Crippen LogP contribution < -0.4 is 0 Å². The van der Waals surface area contributed by atoms with E-state index < -0.39 is 0 Å². The average Bonchev–Trinajstić information content (AvgIpc) is 2.69. The van der Waals surface area contributed by atoms with Crippen LogP contribution in [0.15, 0.2) is 6.20 Å². The van der Waals surface area contributed by atoms with Gasteiger partial charge in [0.15, 0.2) is 0 Å². The van der Waals surface area contributed by atoms with Crippen molar-refractivity contribution in [1.82, 2.24) is 15.0 Å². The summed E-state index contributed by atoms with van der Waals surface area (Å²) in [6, 6.07) is 0.626. The Morgan fingerprint density at radius 1 is 1.21 bits per heavy atom. The zero-order valence-corrected chi connectivity index (χ0v) is 9.53. The number of hydrogen-bond donors (Lipinski definition) is 0. The molecule has 1 aliphatic rings. The highest BCUT2D eigenvalue weighted by Crippen LogP contribution is 2.27. The average molecular weight is 195 g/mol. The molecular weight excluding hydrogens is 174 g/mol. The van der Waals surface area contributed by atoms with Crippen molar-refractivity contribution in [3.05, 3.63) is 11.9 Å². The summed E-state index contributed by atoms with van der Waals surface area (Å²) in [5.41, 5.74) is 1.20. The van der Waals surface area contributed by atoms with Crippen LogP contribution in [0, 0.1) is 6.92 Å². The highest BCUT2D eigenvalue weighted by Gasteiger charge is 2.16. The van der Waals surface area contributed by atoms with Crippen LogP contribution in [0.1, 0.15) is 57.7 Å². The normalized spacial score (nSPS) is 17.4. The van der Waals surface area contributed by atoms with Gasteiger partial charge in [-0.05, 0) is 19.8 Å². The molecule has 80 valence electrons. The van der Waals surface area contributed by atoms with Crippen molar-refractivity contribution in [2.24, 2.45) is 0 Å². The van der Waals surface area contributed by atoms with Gasteiger partial charge in [0.25, 0.3) is 0 Å². The molecule has 1 aromatic rings. The third-order valence-corrected chi connectivity index (χ3v) is 2.67. The van der Waals surface area contributed by atoms with Crippen molar-refractivity contribution in [1.29, 1.82) is 0 Å². The van der Waals surface area contributed by atoms with E-state index >= 15 is 0 Å². The fourth-order valence-corrected chi connectivity index (χ4v) is 1.98. The summed E-state index contributed by atoms with van der Waals surface area (Å²) in [6.45, 7) is 6.08. The Kier molecular flexibility index (Phi) is 4.63. The van der Waals surface area contributed by atoms with Gasteiger partial charge in [-0.15, -0.1) is 5.10 Å². The van der Waals surface area contributed by atoms with Gasteiger partial charge < -0.3 is 0 Å². The van der Waals surface area contributed by atoms with Gasteiger partial charge in [0, 0.05) is 0 Å². The van der Waals surface area contributed by atoms with Crippen molar-refractivity contribution in [2.45, 2.75) is 58.9 Å². The minimum Gasteiger partial charge on any atom is -0.247 e. The van der Waals surface area contributed by atoms with Crippen LogP contribution in [0.5, 0.6) is 0 Å². The van der Waals surface area contributed by atoms with Gasteiger partial charge in [-0.25, -0.2) is 4.68 Å². The molecule has 0 atom stereocenters. The molecule has 0 radical (unpaired) electrons. The monoisotopic (exact) mass is 195 g/mol. The molecule has 0 aliphatic heterocycles. The van der Waals surface area contributed by atoms with Gasteiger partial charge >= 0.3 is 0 Å². The first kappa shape index (κ1) is 11.2. The molecule has 3 nitrogen and oxygen atoms in total. The summed E-state index contributed by atoms with van der Waals surface area (Å²) >= 11 is 0. The summed E-state index contributed by atoms with van der Waals surface area (Å²) in [4.78, 5) is 0. The molecule has 0 aromatic carbocycles. The molecule has 0 bridgehead atoms. The summed E-state index contributed by atoms with van der Waals surface area (Å²) in [5.74, 6) is 0. The third kappa shape index (κ3) is 2.56. The van der Waals surface area contributed by atoms with Crippen molar-refractivity contribution in [3.63, 3.8) is 0 Å². The van der Waals surface area contributed by atoms with E-state index in [0.717, 1.165) is 0 Å². The summed E-state index contributed by atoms with van der Waals surface area (Å²) < 4.78 is 2.08. The van der Waals surface area contributed by atoms with Crippen LogP contribution in [0.3, 0.4) is 0 Å². The van der Waals surface area contributed by atoms with Gasteiger partial charge in [0.2, 0.25) is 0 Å². The number of rotatable bonds is 1. The van der Waals surface area contributed by atoms with Crippen molar-refractivity contribution in [3.8, 4) is 0 Å². The Morgan fingerprint density at radius 3 is 2.36 bits per heavy atom. The zero-order valence-electron chi connectivity index (χ0n) is 9.53. The summed E-state index contributed by atoms with van der Waals surface area (Å²) in [6.07, 6.45) is 8.50. The van der Waals surface area contributed by atoms with E-state index in [4.69, 9.17) is 0 Å². The predicted octanol–water partition coefficient (Wildman–Crippen LogP) is 3.12. The van der Waals surface area contributed by atoms with Crippen LogP contribution in [-0.2, 0) is 0 Å². The van der Waals surface area contributed by atoms with Gasteiger partial charge in [-0.3, -0.25) is 0 Å². The SMILES string of the molecule is CC.Cc1cnnn1C1CCCCC1. The lowest BCUT2D eigenvalue weighted by atomic mass is 9.95. The molecule has 1 fully saturated rings. The van der Waals surface area contributed by atoms with E-state index in [1.807, 2.05) is 20.0 Å². The van der Waals surface area contributed by atoms with Gasteiger partial charge in [-0.1, -0.05) is 38.3 Å². The predicted molar refractivity (Wildman–Crippen MR) is 58.2 cm³/mol. The summed E-state index contributed by atoms with van der Waals surface area (Å²) in [7, 11) is 0. The smallest absolute Gasteiger partial charge is 0.0722 e. The van der Waals surface area contributed by atoms with E-state index in [0.29, 0.717) is 6.04 Å². The third-order valence-electron chi connectivity index (χ3n) is 2.67. The van der Waals surface area contributed by atoms with Gasteiger partial charge in [-0.2, -0.15) is 0 Å². The molecular formula is C11H21N3. The van der Waals surface area contributed by atoms with Crippen LogP contribution in [0.25, 0.3) is 0 Å². The Labute approximate surface area is 86.5 Å². The van der Waals surface area contributed by atoms with E-state index in [-0.39, 0.29) is 0 Å². The molecule has 2 rings (SSSR count). The standard InChI is InChI=1S/C9H15N3.C2H6/c1-8-7-10-11-12(8)9-5-3-2-4-6-9;1-2/h7,9H,2-6H2,1H3;1-2H3. The molecule has 1 saturated carbocycles. The zero-order chi connectivity index (χ0) is 10.4. The maximum Gasteiger partial charge on any atom is 0.0722 e. The Balaban J connectivity index is 0.000000461. The first-order valence-electron chi connectivity index (χ1n) is 5.75. The fraction of sp³-hybridized carbons (Fsp3) is 0.818. The minimum atomic E-state index is 0.626. The molecule has 0 unspecified atom stereocenters. The van der Waals surface area contributed by atoms with Crippen molar-refractivity contribution < 1.29 is 0 Å². The second-order valence-electron chi connectivity index (χ2n) is 3.61. The highest BCUT2D eigenvalue weighted by atomic mass is 15.4. The Bertz CT molecular complexity index is 249. The molecule has 0 amide bonds. The minimum absolute atomic E-state index is 0.626. The number of aryl methyl sites for hydroxylation is 1. The summed E-state index contributed by atoms with van der Waals surface area (Å²) in [5, 5.41) is 8.02. The van der Waals surface area contributed by atoms with E-state index in [1.165, 1.54) is 37.8 Å². The largest absolute Gasteiger partial charge is 0.247 e. The van der Waals surface area contributed by atoms with Crippen LogP contribution >= 0.6 is 0 Å². The van der Waals surface area contributed by atoms with Crippen molar-refractivity contribution in [2.75, 3.05) is 0 Å². The first-order chi connectivity index (χ1) is 6.88. The van der Waals surface area contributed by atoms with E-state index in [1.54, 1.807) is 0 Å². The maximum atomic E-state index is 4.11.